The molecule has 1 aromatic carbocycles. The van der Waals surface area contributed by atoms with E-state index < -0.39 is 0 Å². The summed E-state index contributed by atoms with van der Waals surface area (Å²) in [5.74, 6) is -0.143. The molecule has 1 aliphatic heterocycles. The Morgan fingerprint density at radius 2 is 1.95 bits per heavy atom. The number of nitrogens with zero attached hydrogens (tertiary/aromatic N) is 1. The van der Waals surface area contributed by atoms with E-state index in [9.17, 15) is 4.79 Å². The Kier molecular flexibility index (Phi) is 4.19. The van der Waals surface area contributed by atoms with Crippen LogP contribution in [0.25, 0.3) is 0 Å². The molecule has 1 saturated heterocycles. The first-order valence-corrected chi connectivity index (χ1v) is 7.30. The van der Waals surface area contributed by atoms with Crippen molar-refractivity contribution >= 4 is 29.1 Å². The van der Waals surface area contributed by atoms with E-state index in [1.54, 1.807) is 11.0 Å². The topological polar surface area (TPSA) is 42.7 Å². The molecule has 1 fully saturated rings. The Bertz CT molecular complexity index is 639. The van der Waals surface area contributed by atoms with Gasteiger partial charge in [0.1, 0.15) is 6.10 Å². The van der Waals surface area contributed by atoms with Gasteiger partial charge in [-0.05, 0) is 35.4 Å². The van der Waals surface area contributed by atoms with Crippen LogP contribution in [0.15, 0.2) is 41.0 Å². The number of rotatable bonds is 2. The molecular formula is C15H13Cl2NO3. The van der Waals surface area contributed by atoms with Gasteiger partial charge in [-0.25, -0.2) is 0 Å². The fourth-order valence-electron chi connectivity index (χ4n) is 2.33. The van der Waals surface area contributed by atoms with Crippen molar-refractivity contribution in [3.8, 4) is 0 Å². The fourth-order valence-corrected chi connectivity index (χ4v) is 2.65. The molecule has 0 bridgehead atoms. The third-order valence-corrected chi connectivity index (χ3v) is 3.99. The second-order valence-electron chi connectivity index (χ2n) is 4.77. The summed E-state index contributed by atoms with van der Waals surface area (Å²) < 4.78 is 10.7. The summed E-state index contributed by atoms with van der Waals surface area (Å²) >= 11 is 11.7. The third-order valence-electron chi connectivity index (χ3n) is 3.44. The maximum absolute atomic E-state index is 12.4. The summed E-state index contributed by atoms with van der Waals surface area (Å²) in [6.45, 7) is 1.49. The number of benzene rings is 1. The molecule has 0 radical (unpaired) electrons. The Morgan fingerprint density at radius 3 is 2.62 bits per heavy atom. The third kappa shape index (κ3) is 3.07. The van der Waals surface area contributed by atoms with Crippen LogP contribution in [-0.2, 0) is 4.74 Å². The van der Waals surface area contributed by atoms with Crippen molar-refractivity contribution in [3.63, 3.8) is 0 Å². The quantitative estimate of drug-likeness (QED) is 0.843. The Balaban J connectivity index is 1.75. The highest BCUT2D eigenvalue weighted by molar-refractivity contribution is 6.32. The summed E-state index contributed by atoms with van der Waals surface area (Å²) in [7, 11) is 0. The van der Waals surface area contributed by atoms with Crippen LogP contribution in [0.4, 0.5) is 0 Å². The van der Waals surface area contributed by atoms with Gasteiger partial charge < -0.3 is 14.1 Å². The molecule has 4 nitrogen and oxygen atoms in total. The fraction of sp³-hybridized carbons (Fsp3) is 0.267. The number of furan rings is 1. The number of amides is 1. The lowest BCUT2D eigenvalue weighted by Gasteiger charge is -2.33. The van der Waals surface area contributed by atoms with Crippen LogP contribution in [-0.4, -0.2) is 30.5 Å². The van der Waals surface area contributed by atoms with Gasteiger partial charge in [0.2, 0.25) is 5.22 Å². The van der Waals surface area contributed by atoms with Gasteiger partial charge in [-0.3, -0.25) is 4.79 Å². The molecule has 2 heterocycles. The molecule has 0 aliphatic carbocycles. The Labute approximate surface area is 132 Å². The maximum atomic E-state index is 12.4. The molecule has 1 aromatic heterocycles. The van der Waals surface area contributed by atoms with E-state index in [1.165, 1.54) is 6.26 Å². The molecule has 3 rings (SSSR count). The van der Waals surface area contributed by atoms with E-state index in [0.29, 0.717) is 30.3 Å². The van der Waals surface area contributed by atoms with E-state index in [4.69, 9.17) is 32.4 Å². The predicted octanol–water partition coefficient (Wildman–Crippen LogP) is 3.80. The molecule has 21 heavy (non-hydrogen) atoms. The van der Waals surface area contributed by atoms with Crippen LogP contribution in [0.5, 0.6) is 0 Å². The molecule has 0 saturated carbocycles. The zero-order chi connectivity index (χ0) is 14.8. The SMILES string of the molecule is O=C(c1ccoc1Cl)N1CCOC(c2ccc(Cl)cc2)C1. The van der Waals surface area contributed by atoms with Crippen molar-refractivity contribution in [1.29, 1.82) is 0 Å². The van der Waals surface area contributed by atoms with Gasteiger partial charge in [-0.15, -0.1) is 0 Å². The van der Waals surface area contributed by atoms with Gasteiger partial charge in [0.15, 0.2) is 0 Å². The van der Waals surface area contributed by atoms with Crippen molar-refractivity contribution in [2.75, 3.05) is 19.7 Å². The van der Waals surface area contributed by atoms with E-state index >= 15 is 0 Å². The molecule has 6 heteroatoms. The first-order chi connectivity index (χ1) is 10.1. The predicted molar refractivity (Wildman–Crippen MR) is 79.8 cm³/mol. The highest BCUT2D eigenvalue weighted by Gasteiger charge is 2.27. The summed E-state index contributed by atoms with van der Waals surface area (Å²) in [6.07, 6.45) is 1.25. The molecule has 2 aromatic rings. The largest absolute Gasteiger partial charge is 0.452 e. The minimum Gasteiger partial charge on any atom is -0.452 e. The molecule has 1 unspecified atom stereocenters. The van der Waals surface area contributed by atoms with Crippen molar-refractivity contribution in [2.24, 2.45) is 0 Å². The van der Waals surface area contributed by atoms with Crippen molar-refractivity contribution < 1.29 is 13.9 Å². The molecule has 0 N–H and O–H groups in total. The number of carbonyl (C=O) groups is 1. The first-order valence-electron chi connectivity index (χ1n) is 6.54. The van der Waals surface area contributed by atoms with E-state index in [1.807, 2.05) is 24.3 Å². The zero-order valence-electron chi connectivity index (χ0n) is 11.1. The van der Waals surface area contributed by atoms with Crippen molar-refractivity contribution in [1.82, 2.24) is 4.90 Å². The van der Waals surface area contributed by atoms with Crippen LogP contribution in [0.3, 0.4) is 0 Å². The maximum Gasteiger partial charge on any atom is 0.258 e. The monoisotopic (exact) mass is 325 g/mol. The van der Waals surface area contributed by atoms with Crippen LogP contribution < -0.4 is 0 Å². The van der Waals surface area contributed by atoms with Crippen LogP contribution in [0.2, 0.25) is 10.2 Å². The lowest BCUT2D eigenvalue weighted by atomic mass is 10.1. The smallest absolute Gasteiger partial charge is 0.258 e. The summed E-state index contributed by atoms with van der Waals surface area (Å²) in [6, 6.07) is 9.02. The van der Waals surface area contributed by atoms with Crippen LogP contribution in [0.1, 0.15) is 22.0 Å². The number of ether oxygens (including phenoxy) is 1. The summed E-state index contributed by atoms with van der Waals surface area (Å²) in [5.41, 5.74) is 1.38. The van der Waals surface area contributed by atoms with Gasteiger partial charge in [-0.2, -0.15) is 0 Å². The summed E-state index contributed by atoms with van der Waals surface area (Å²) in [4.78, 5) is 14.1. The highest BCUT2D eigenvalue weighted by Crippen LogP contribution is 2.26. The average molecular weight is 326 g/mol. The van der Waals surface area contributed by atoms with Crippen molar-refractivity contribution in [3.05, 3.63) is 58.0 Å². The number of morpholine rings is 1. The molecule has 1 atom stereocenters. The zero-order valence-corrected chi connectivity index (χ0v) is 12.6. The van der Waals surface area contributed by atoms with Gasteiger partial charge >= 0.3 is 0 Å². The molecule has 0 spiro atoms. The molecule has 110 valence electrons. The van der Waals surface area contributed by atoms with Crippen molar-refractivity contribution in [2.45, 2.75) is 6.10 Å². The Hall–Kier alpha value is -1.49. The van der Waals surface area contributed by atoms with Gasteiger partial charge in [0, 0.05) is 11.6 Å². The van der Waals surface area contributed by atoms with Crippen LogP contribution in [0, 0.1) is 0 Å². The Morgan fingerprint density at radius 1 is 1.19 bits per heavy atom. The second kappa shape index (κ2) is 6.10. The van der Waals surface area contributed by atoms with Gasteiger partial charge in [0.25, 0.3) is 5.91 Å². The minimum absolute atomic E-state index is 0.120. The average Bonchev–Trinajstić information content (AvgIpc) is 2.93. The normalized spacial score (nSPS) is 18.8. The van der Waals surface area contributed by atoms with E-state index in [-0.39, 0.29) is 17.2 Å². The van der Waals surface area contributed by atoms with Crippen LogP contribution >= 0.6 is 23.2 Å². The van der Waals surface area contributed by atoms with Gasteiger partial charge in [0.05, 0.1) is 25.0 Å². The lowest BCUT2D eigenvalue weighted by molar-refractivity contribution is -0.0228. The minimum atomic E-state index is -0.161. The molecular weight excluding hydrogens is 313 g/mol. The standard InChI is InChI=1S/C15H13Cl2NO3/c16-11-3-1-10(2-4-11)13-9-18(6-8-20-13)15(19)12-5-7-21-14(12)17/h1-5,7,13H,6,8-9H2. The number of carbonyl (C=O) groups excluding carboxylic acids is 1. The number of hydrogen-bond donors (Lipinski definition) is 0. The number of hydrogen-bond acceptors (Lipinski definition) is 3. The molecule has 1 amide bonds. The molecule has 1 aliphatic rings. The number of halogens is 2. The first kappa shape index (κ1) is 14.4. The summed E-state index contributed by atoms with van der Waals surface area (Å²) in [5, 5.41) is 0.794. The second-order valence-corrected chi connectivity index (χ2v) is 5.55. The van der Waals surface area contributed by atoms with E-state index in [0.717, 1.165) is 5.56 Å². The van der Waals surface area contributed by atoms with E-state index in [2.05, 4.69) is 0 Å². The van der Waals surface area contributed by atoms with Gasteiger partial charge in [-0.1, -0.05) is 23.7 Å². The highest BCUT2D eigenvalue weighted by atomic mass is 35.5. The lowest BCUT2D eigenvalue weighted by Crippen LogP contribution is -2.42.